The van der Waals surface area contributed by atoms with Gasteiger partial charge in [0.25, 0.3) is 0 Å². The topological polar surface area (TPSA) is 167 Å². The van der Waals surface area contributed by atoms with Crippen LogP contribution in [0.25, 0.3) is 0 Å². The first-order chi connectivity index (χ1) is 9.90. The molecule has 1 aromatic rings. The number of hydrogen-bond acceptors (Lipinski definition) is 9. The zero-order valence-electron chi connectivity index (χ0n) is 11.2. The summed E-state index contributed by atoms with van der Waals surface area (Å²) in [5.74, 6) is 0. The maximum Gasteiger partial charge on any atom is 0.126 e. The number of aliphatic hydroxyl groups is 7. The third kappa shape index (κ3) is 4.93. The predicted molar refractivity (Wildman–Crippen MR) is 68.9 cm³/mol. The highest BCUT2D eigenvalue weighted by molar-refractivity contribution is 5.08. The van der Waals surface area contributed by atoms with Gasteiger partial charge in [0.05, 0.1) is 36.9 Å². The van der Waals surface area contributed by atoms with Crippen LogP contribution >= 0.6 is 0 Å². The predicted octanol–water partition coefficient (Wildman–Crippen LogP) is -3.52. The van der Waals surface area contributed by atoms with E-state index in [1.165, 1.54) is 6.20 Å². The number of aromatic nitrogens is 2. The van der Waals surface area contributed by atoms with Crippen molar-refractivity contribution in [3.8, 4) is 0 Å². The summed E-state index contributed by atoms with van der Waals surface area (Å²) >= 11 is 0. The lowest BCUT2D eigenvalue weighted by Crippen LogP contribution is -2.35. The van der Waals surface area contributed by atoms with Crippen molar-refractivity contribution in [2.45, 2.75) is 36.9 Å². The molecule has 0 saturated carbocycles. The monoisotopic (exact) mass is 304 g/mol. The van der Waals surface area contributed by atoms with Gasteiger partial charge < -0.3 is 35.7 Å². The Labute approximate surface area is 120 Å². The molecule has 0 bridgehead atoms. The third-order valence-electron chi connectivity index (χ3n) is 2.98. The molecular formula is C12H20N2O7. The minimum Gasteiger partial charge on any atom is -0.394 e. The van der Waals surface area contributed by atoms with Gasteiger partial charge in [-0.2, -0.15) is 0 Å². The molecule has 21 heavy (non-hydrogen) atoms. The number of hydrogen-bond donors (Lipinski definition) is 7. The second-order valence-corrected chi connectivity index (χ2v) is 4.64. The lowest BCUT2D eigenvalue weighted by molar-refractivity contribution is -0.0790. The smallest absolute Gasteiger partial charge is 0.126 e. The fourth-order valence-electron chi connectivity index (χ4n) is 1.59. The van der Waals surface area contributed by atoms with Gasteiger partial charge in [0, 0.05) is 12.6 Å². The standard InChI is InChI=1S/C12H20N2O7/c15-4-9(18)8(17)1-6-2-14-7(3-13-6)11(20)12(21)10(19)5-16/h2-3,8-12,15-21H,1,4-5H2/t8-,9-,10-,11+,12+/m0/s1. The van der Waals surface area contributed by atoms with Crippen LogP contribution in [0.4, 0.5) is 0 Å². The average Bonchev–Trinajstić information content (AvgIpc) is 2.52. The Hall–Kier alpha value is -1.20. The SMILES string of the molecule is OC[C@H](O)[C@@H](O)[C@H](O)c1cnc(C[C@H](O)[C@@H](O)CO)cn1. The Kier molecular flexibility index (Phi) is 7.05. The largest absolute Gasteiger partial charge is 0.394 e. The first kappa shape index (κ1) is 17.9. The van der Waals surface area contributed by atoms with E-state index in [-0.39, 0.29) is 12.1 Å². The fraction of sp³-hybridized carbons (Fsp3) is 0.667. The van der Waals surface area contributed by atoms with Gasteiger partial charge in [0.1, 0.15) is 24.4 Å². The van der Waals surface area contributed by atoms with E-state index in [1.807, 2.05) is 0 Å². The highest BCUT2D eigenvalue weighted by Crippen LogP contribution is 2.16. The Balaban J connectivity index is 2.69. The second kappa shape index (κ2) is 8.29. The van der Waals surface area contributed by atoms with E-state index in [4.69, 9.17) is 10.2 Å². The molecule has 7 N–H and O–H groups in total. The van der Waals surface area contributed by atoms with Crippen LogP contribution in [0.3, 0.4) is 0 Å². The summed E-state index contributed by atoms with van der Waals surface area (Å²) in [6.45, 7) is -1.30. The van der Waals surface area contributed by atoms with Gasteiger partial charge in [-0.25, -0.2) is 0 Å². The molecule has 0 fully saturated rings. The Morgan fingerprint density at radius 1 is 0.810 bits per heavy atom. The van der Waals surface area contributed by atoms with Crippen molar-refractivity contribution in [3.05, 3.63) is 23.8 Å². The van der Waals surface area contributed by atoms with Gasteiger partial charge in [0.15, 0.2) is 0 Å². The van der Waals surface area contributed by atoms with E-state index in [0.29, 0.717) is 5.69 Å². The molecule has 0 radical (unpaired) electrons. The molecule has 0 spiro atoms. The summed E-state index contributed by atoms with van der Waals surface area (Å²) in [6.07, 6.45) is -4.83. The molecule has 5 atom stereocenters. The Morgan fingerprint density at radius 2 is 1.43 bits per heavy atom. The average molecular weight is 304 g/mol. The summed E-state index contributed by atoms with van der Waals surface area (Å²) in [4.78, 5) is 7.73. The molecule has 0 aliphatic carbocycles. The van der Waals surface area contributed by atoms with Crippen molar-refractivity contribution in [2.75, 3.05) is 13.2 Å². The lowest BCUT2D eigenvalue weighted by atomic mass is 10.1. The van der Waals surface area contributed by atoms with E-state index < -0.39 is 43.7 Å². The minimum atomic E-state index is -1.61. The fourth-order valence-corrected chi connectivity index (χ4v) is 1.59. The van der Waals surface area contributed by atoms with E-state index in [9.17, 15) is 25.5 Å². The molecule has 0 aromatic carbocycles. The number of aliphatic hydroxyl groups excluding tert-OH is 7. The van der Waals surface area contributed by atoms with Crippen molar-refractivity contribution in [3.63, 3.8) is 0 Å². The molecule has 0 saturated heterocycles. The van der Waals surface area contributed by atoms with Crippen molar-refractivity contribution in [2.24, 2.45) is 0 Å². The quantitative estimate of drug-likeness (QED) is 0.257. The normalized spacial score (nSPS) is 18.8. The summed E-state index contributed by atoms with van der Waals surface area (Å²) in [5.41, 5.74) is 0.291. The molecule has 120 valence electrons. The van der Waals surface area contributed by atoms with Gasteiger partial charge in [-0.15, -0.1) is 0 Å². The van der Waals surface area contributed by atoms with Gasteiger partial charge >= 0.3 is 0 Å². The van der Waals surface area contributed by atoms with Crippen LogP contribution in [0.2, 0.25) is 0 Å². The van der Waals surface area contributed by atoms with Crippen LogP contribution < -0.4 is 0 Å². The van der Waals surface area contributed by atoms with E-state index in [2.05, 4.69) is 9.97 Å². The van der Waals surface area contributed by atoms with Crippen LogP contribution in [-0.2, 0) is 6.42 Å². The zero-order valence-corrected chi connectivity index (χ0v) is 11.2. The zero-order chi connectivity index (χ0) is 16.0. The molecule has 1 aromatic heterocycles. The molecule has 0 amide bonds. The van der Waals surface area contributed by atoms with Gasteiger partial charge in [-0.05, 0) is 0 Å². The highest BCUT2D eigenvalue weighted by Gasteiger charge is 2.26. The summed E-state index contributed by atoms with van der Waals surface area (Å²) in [6, 6.07) is 0. The van der Waals surface area contributed by atoms with Crippen molar-refractivity contribution in [1.29, 1.82) is 0 Å². The van der Waals surface area contributed by atoms with Gasteiger partial charge in [0.2, 0.25) is 0 Å². The van der Waals surface area contributed by atoms with Crippen LogP contribution in [-0.4, -0.2) is 83.3 Å². The van der Waals surface area contributed by atoms with Crippen molar-refractivity contribution >= 4 is 0 Å². The van der Waals surface area contributed by atoms with Crippen molar-refractivity contribution in [1.82, 2.24) is 9.97 Å². The van der Waals surface area contributed by atoms with Crippen LogP contribution in [0, 0.1) is 0 Å². The Morgan fingerprint density at radius 3 is 1.90 bits per heavy atom. The summed E-state index contributed by atoms with van der Waals surface area (Å²) in [5, 5.41) is 64.6. The first-order valence-electron chi connectivity index (χ1n) is 6.33. The molecule has 1 heterocycles. The Bertz CT molecular complexity index is 417. The molecule has 9 nitrogen and oxygen atoms in total. The van der Waals surface area contributed by atoms with Crippen LogP contribution in [0.15, 0.2) is 12.4 Å². The molecule has 0 unspecified atom stereocenters. The number of nitrogens with zero attached hydrogens (tertiary/aromatic N) is 2. The van der Waals surface area contributed by atoms with Crippen molar-refractivity contribution < 1.29 is 35.7 Å². The summed E-state index contributed by atoms with van der Waals surface area (Å²) < 4.78 is 0. The number of rotatable bonds is 8. The van der Waals surface area contributed by atoms with E-state index in [1.54, 1.807) is 0 Å². The van der Waals surface area contributed by atoms with Gasteiger partial charge in [-0.1, -0.05) is 0 Å². The lowest BCUT2D eigenvalue weighted by Gasteiger charge is -2.21. The van der Waals surface area contributed by atoms with Crippen LogP contribution in [0.5, 0.6) is 0 Å². The van der Waals surface area contributed by atoms with Crippen LogP contribution in [0.1, 0.15) is 17.5 Å². The molecule has 9 heteroatoms. The van der Waals surface area contributed by atoms with E-state index >= 15 is 0 Å². The third-order valence-corrected chi connectivity index (χ3v) is 2.98. The minimum absolute atomic E-state index is 0.0176. The van der Waals surface area contributed by atoms with E-state index in [0.717, 1.165) is 6.20 Å². The molecule has 1 rings (SSSR count). The first-order valence-corrected chi connectivity index (χ1v) is 6.33. The molecule has 0 aliphatic rings. The maximum atomic E-state index is 9.74. The summed E-state index contributed by atoms with van der Waals surface area (Å²) in [7, 11) is 0. The highest BCUT2D eigenvalue weighted by atomic mass is 16.4. The molecule has 0 aliphatic heterocycles. The maximum absolute atomic E-state index is 9.74. The second-order valence-electron chi connectivity index (χ2n) is 4.64. The molecular weight excluding hydrogens is 284 g/mol. The van der Waals surface area contributed by atoms with Gasteiger partial charge in [-0.3, -0.25) is 9.97 Å².